The molecule has 0 saturated carbocycles. The van der Waals surface area contributed by atoms with Crippen molar-refractivity contribution in [3.8, 4) is 18.2 Å². The van der Waals surface area contributed by atoms with Gasteiger partial charge in [-0.1, -0.05) is 24.3 Å². The topological polar surface area (TPSA) is 71.4 Å². The smallest absolute Gasteiger partial charge is 0.153 e. The minimum atomic E-state index is -1.11. The summed E-state index contributed by atoms with van der Waals surface area (Å²) >= 11 is 0. The SMILES string of the molecule is N#Cc1c(C#N)c(F)c2c(F)c3ccccc3cc2c1C#N. The van der Waals surface area contributed by atoms with E-state index >= 15 is 0 Å². The lowest BCUT2D eigenvalue weighted by Crippen LogP contribution is -2.00. The molecule has 0 heterocycles. The van der Waals surface area contributed by atoms with Crippen LogP contribution in [0.25, 0.3) is 21.5 Å². The number of fused-ring (bicyclic) bond motifs is 2. The largest absolute Gasteiger partial charge is 0.206 e. The molecule has 3 aromatic carbocycles. The van der Waals surface area contributed by atoms with E-state index in [0.717, 1.165) is 0 Å². The Bertz CT molecular complexity index is 1080. The van der Waals surface area contributed by atoms with Gasteiger partial charge in [0.2, 0.25) is 0 Å². The van der Waals surface area contributed by atoms with E-state index in [1.807, 2.05) is 0 Å². The van der Waals surface area contributed by atoms with Crippen molar-refractivity contribution in [1.82, 2.24) is 0 Å². The number of nitriles is 3. The van der Waals surface area contributed by atoms with Gasteiger partial charge in [0, 0.05) is 10.8 Å². The van der Waals surface area contributed by atoms with Gasteiger partial charge < -0.3 is 0 Å². The summed E-state index contributed by atoms with van der Waals surface area (Å²) in [5.41, 5.74) is -1.18. The lowest BCUT2D eigenvalue weighted by Gasteiger charge is -2.10. The molecular weight excluding hydrogens is 284 g/mol. The number of hydrogen-bond donors (Lipinski definition) is 0. The zero-order chi connectivity index (χ0) is 15.9. The molecule has 0 N–H and O–H groups in total. The second-order valence-electron chi connectivity index (χ2n) is 4.61. The fourth-order valence-corrected chi connectivity index (χ4v) is 2.54. The highest BCUT2D eigenvalue weighted by Gasteiger charge is 2.23. The molecule has 3 aromatic rings. The highest BCUT2D eigenvalue weighted by molar-refractivity contribution is 6.03. The minimum Gasteiger partial charge on any atom is -0.206 e. The molecule has 0 fully saturated rings. The van der Waals surface area contributed by atoms with Crippen LogP contribution in [0.1, 0.15) is 16.7 Å². The predicted molar refractivity (Wildman–Crippen MR) is 75.5 cm³/mol. The Hall–Kier alpha value is -3.49. The third-order valence-corrected chi connectivity index (χ3v) is 3.53. The molecule has 0 aliphatic rings. The Kier molecular flexibility index (Phi) is 2.95. The van der Waals surface area contributed by atoms with E-state index in [-0.39, 0.29) is 21.9 Å². The summed E-state index contributed by atoms with van der Waals surface area (Å²) < 4.78 is 29.2. The van der Waals surface area contributed by atoms with Gasteiger partial charge >= 0.3 is 0 Å². The van der Waals surface area contributed by atoms with Gasteiger partial charge in [0.25, 0.3) is 0 Å². The van der Waals surface area contributed by atoms with E-state index in [9.17, 15) is 14.0 Å². The molecule has 5 heteroatoms. The Morgan fingerprint density at radius 2 is 1.36 bits per heavy atom. The van der Waals surface area contributed by atoms with Crippen molar-refractivity contribution in [2.24, 2.45) is 0 Å². The van der Waals surface area contributed by atoms with Crippen LogP contribution < -0.4 is 0 Å². The number of hydrogen-bond acceptors (Lipinski definition) is 3. The molecular formula is C17H5F2N3. The molecule has 0 amide bonds. The molecule has 0 spiro atoms. The van der Waals surface area contributed by atoms with Crippen molar-refractivity contribution in [3.05, 3.63) is 58.7 Å². The molecule has 0 aliphatic carbocycles. The fraction of sp³-hybridized carbons (Fsp3) is 0. The zero-order valence-corrected chi connectivity index (χ0v) is 11.0. The van der Waals surface area contributed by atoms with Crippen molar-refractivity contribution in [2.45, 2.75) is 0 Å². The van der Waals surface area contributed by atoms with E-state index in [2.05, 4.69) is 0 Å². The molecule has 0 unspecified atom stereocenters. The first-order valence-corrected chi connectivity index (χ1v) is 6.20. The molecule has 0 atom stereocenters. The van der Waals surface area contributed by atoms with Crippen LogP contribution in [-0.4, -0.2) is 0 Å². The van der Waals surface area contributed by atoms with E-state index in [0.29, 0.717) is 5.39 Å². The van der Waals surface area contributed by atoms with E-state index in [1.165, 1.54) is 12.1 Å². The third kappa shape index (κ3) is 1.62. The van der Waals surface area contributed by atoms with E-state index in [4.69, 9.17) is 10.5 Å². The van der Waals surface area contributed by atoms with Gasteiger partial charge in [-0.05, 0) is 11.5 Å². The molecule has 0 aromatic heterocycles. The number of benzene rings is 3. The Labute approximate surface area is 123 Å². The van der Waals surface area contributed by atoms with Gasteiger partial charge in [-0.2, -0.15) is 15.8 Å². The fourth-order valence-electron chi connectivity index (χ4n) is 2.54. The minimum absolute atomic E-state index is 0.00764. The van der Waals surface area contributed by atoms with Gasteiger partial charge in [-0.3, -0.25) is 0 Å². The van der Waals surface area contributed by atoms with Crippen LogP contribution in [0.15, 0.2) is 30.3 Å². The summed E-state index contributed by atoms with van der Waals surface area (Å²) in [5.74, 6) is -1.96. The van der Waals surface area contributed by atoms with Gasteiger partial charge in [0.1, 0.15) is 29.6 Å². The van der Waals surface area contributed by atoms with Crippen LogP contribution in [-0.2, 0) is 0 Å². The van der Waals surface area contributed by atoms with Crippen molar-refractivity contribution in [3.63, 3.8) is 0 Å². The van der Waals surface area contributed by atoms with Crippen molar-refractivity contribution >= 4 is 21.5 Å². The van der Waals surface area contributed by atoms with Crippen molar-refractivity contribution in [1.29, 1.82) is 15.8 Å². The summed E-state index contributed by atoms with van der Waals surface area (Å²) in [6, 6.07) is 12.8. The lowest BCUT2D eigenvalue weighted by atomic mass is 9.92. The first-order chi connectivity index (χ1) is 10.6. The maximum absolute atomic E-state index is 14.7. The third-order valence-electron chi connectivity index (χ3n) is 3.53. The summed E-state index contributed by atoms with van der Waals surface area (Å²) in [4.78, 5) is 0. The number of nitrogens with zero attached hydrogens (tertiary/aromatic N) is 3. The Morgan fingerprint density at radius 3 is 2.00 bits per heavy atom. The predicted octanol–water partition coefficient (Wildman–Crippen LogP) is 3.89. The molecule has 3 rings (SSSR count). The van der Waals surface area contributed by atoms with Gasteiger partial charge in [-0.15, -0.1) is 0 Å². The van der Waals surface area contributed by atoms with Gasteiger partial charge in [0.15, 0.2) is 5.82 Å². The Morgan fingerprint density at radius 1 is 0.727 bits per heavy atom. The lowest BCUT2D eigenvalue weighted by molar-refractivity contribution is 0.611. The van der Waals surface area contributed by atoms with Crippen LogP contribution in [0.3, 0.4) is 0 Å². The van der Waals surface area contributed by atoms with Crippen LogP contribution in [0.5, 0.6) is 0 Å². The summed E-state index contributed by atoms with van der Waals surface area (Å²) in [5, 5.41) is 27.6. The highest BCUT2D eigenvalue weighted by Crippen LogP contribution is 2.34. The number of rotatable bonds is 0. The molecule has 0 aliphatic heterocycles. The average Bonchev–Trinajstić information content (AvgIpc) is 2.54. The monoisotopic (exact) mass is 289 g/mol. The zero-order valence-electron chi connectivity index (χ0n) is 11.0. The normalized spacial score (nSPS) is 10.1. The molecule has 0 radical (unpaired) electrons. The average molecular weight is 289 g/mol. The summed E-state index contributed by atoms with van der Waals surface area (Å²) in [6.07, 6.45) is 0. The maximum Gasteiger partial charge on any atom is 0.153 e. The van der Waals surface area contributed by atoms with Crippen molar-refractivity contribution in [2.75, 3.05) is 0 Å². The second-order valence-corrected chi connectivity index (χ2v) is 4.61. The Balaban J connectivity index is 2.73. The van der Waals surface area contributed by atoms with Crippen LogP contribution in [0.4, 0.5) is 8.78 Å². The molecule has 0 bridgehead atoms. The van der Waals surface area contributed by atoms with Crippen LogP contribution >= 0.6 is 0 Å². The second kappa shape index (κ2) is 4.81. The van der Waals surface area contributed by atoms with Gasteiger partial charge in [0.05, 0.1) is 16.5 Å². The highest BCUT2D eigenvalue weighted by atomic mass is 19.1. The van der Waals surface area contributed by atoms with Crippen LogP contribution in [0, 0.1) is 45.6 Å². The quantitative estimate of drug-likeness (QED) is 0.589. The van der Waals surface area contributed by atoms with Crippen molar-refractivity contribution < 1.29 is 8.78 Å². The molecule has 102 valence electrons. The molecule has 3 nitrogen and oxygen atoms in total. The standard InChI is InChI=1S/C17H5F2N3/c18-16-10-4-2-1-3-9(10)5-11-12(6-20)13(7-21)14(8-22)17(19)15(11)16/h1-5H. The summed E-state index contributed by atoms with van der Waals surface area (Å²) in [7, 11) is 0. The van der Waals surface area contributed by atoms with Gasteiger partial charge in [-0.25, -0.2) is 8.78 Å². The maximum atomic E-state index is 14.7. The molecule has 22 heavy (non-hydrogen) atoms. The first-order valence-electron chi connectivity index (χ1n) is 6.20. The van der Waals surface area contributed by atoms with E-state index in [1.54, 1.807) is 36.4 Å². The summed E-state index contributed by atoms with van der Waals surface area (Å²) in [6.45, 7) is 0. The van der Waals surface area contributed by atoms with E-state index < -0.39 is 22.6 Å². The number of halogens is 2. The van der Waals surface area contributed by atoms with Crippen LogP contribution in [0.2, 0.25) is 0 Å². The first kappa shape index (κ1) is 13.5. The molecule has 0 saturated heterocycles.